The average molecular weight is 549 g/mol. The number of aryl methyl sites for hydroxylation is 1. The van der Waals surface area contributed by atoms with E-state index >= 15 is 0 Å². The number of benzene rings is 2. The van der Waals surface area contributed by atoms with E-state index in [0.717, 1.165) is 21.3 Å². The first-order valence-corrected chi connectivity index (χ1v) is 8.90. The number of hydrogen-bond donors (Lipinski definition) is 2. The van der Waals surface area contributed by atoms with Crippen LogP contribution in [0.1, 0.15) is 11.1 Å². The third kappa shape index (κ3) is 7.45. The van der Waals surface area contributed by atoms with Crippen molar-refractivity contribution < 1.29 is 9.18 Å². The second-order valence-electron chi connectivity index (χ2n) is 5.89. The molecule has 0 saturated carbocycles. The largest absolute Gasteiger partial charge is 0.347 e. The summed E-state index contributed by atoms with van der Waals surface area (Å²) in [7, 11) is 3.51. The van der Waals surface area contributed by atoms with Crippen molar-refractivity contribution in [1.29, 1.82) is 0 Å². The zero-order valence-corrected chi connectivity index (χ0v) is 19.3. The molecule has 2 aromatic carbocycles. The van der Waals surface area contributed by atoms with Crippen molar-refractivity contribution in [2.75, 3.05) is 26.0 Å². The molecule has 8 heteroatoms. The summed E-state index contributed by atoms with van der Waals surface area (Å²) in [6, 6.07) is 12.0. The van der Waals surface area contributed by atoms with E-state index in [1.54, 1.807) is 19.2 Å². The van der Waals surface area contributed by atoms with Gasteiger partial charge in [-0.25, -0.2) is 4.39 Å². The van der Waals surface area contributed by atoms with E-state index in [1.165, 1.54) is 12.1 Å². The van der Waals surface area contributed by atoms with Crippen molar-refractivity contribution in [2.45, 2.75) is 13.5 Å². The summed E-state index contributed by atoms with van der Waals surface area (Å²) in [5, 5.41) is 5.91. The Balaban J connectivity index is 0.00000364. The lowest BCUT2D eigenvalue weighted by molar-refractivity contribution is -0.115. The Hall–Kier alpha value is -1.68. The first-order valence-electron chi connectivity index (χ1n) is 8.11. The smallest absolute Gasteiger partial charge is 0.243 e. The van der Waals surface area contributed by atoms with Crippen LogP contribution in [0.25, 0.3) is 0 Å². The summed E-state index contributed by atoms with van der Waals surface area (Å²) in [5.41, 5.74) is 2.70. The van der Waals surface area contributed by atoms with Gasteiger partial charge < -0.3 is 15.5 Å². The Morgan fingerprint density at radius 2 is 1.89 bits per heavy atom. The Bertz CT molecular complexity index is 799. The van der Waals surface area contributed by atoms with Gasteiger partial charge >= 0.3 is 0 Å². The second kappa shape index (κ2) is 11.2. The molecule has 0 spiro atoms. The third-order valence-electron chi connectivity index (χ3n) is 3.79. The van der Waals surface area contributed by atoms with Crippen molar-refractivity contribution >= 4 is 57.5 Å². The number of nitrogens with one attached hydrogen (secondary N) is 2. The number of guanidine groups is 1. The second-order valence-corrected chi connectivity index (χ2v) is 6.81. The van der Waals surface area contributed by atoms with Crippen molar-refractivity contribution in [2.24, 2.45) is 4.99 Å². The fraction of sp³-hybridized carbons (Fsp3) is 0.263. The summed E-state index contributed by atoms with van der Waals surface area (Å²) >= 11 is 3.40. The SMILES string of the molecule is CN=C(NCC(=O)Nc1cc(Br)ccc1C)N(C)Cc1ccc(F)cc1.I. The molecule has 0 unspecified atom stereocenters. The number of carbonyl (C=O) groups excluding carboxylic acids is 1. The number of rotatable bonds is 5. The van der Waals surface area contributed by atoms with Gasteiger partial charge in [-0.15, -0.1) is 24.0 Å². The van der Waals surface area contributed by atoms with Crippen molar-refractivity contribution in [3.8, 4) is 0 Å². The highest BCUT2D eigenvalue weighted by Gasteiger charge is 2.10. The van der Waals surface area contributed by atoms with E-state index < -0.39 is 0 Å². The zero-order chi connectivity index (χ0) is 19.1. The Labute approximate surface area is 184 Å². The summed E-state index contributed by atoms with van der Waals surface area (Å²) in [4.78, 5) is 18.3. The van der Waals surface area contributed by atoms with Crippen LogP contribution < -0.4 is 10.6 Å². The maximum atomic E-state index is 13.0. The maximum Gasteiger partial charge on any atom is 0.243 e. The van der Waals surface area contributed by atoms with E-state index in [4.69, 9.17) is 0 Å². The number of anilines is 1. The Morgan fingerprint density at radius 1 is 1.22 bits per heavy atom. The number of aliphatic imine (C=N–C) groups is 1. The molecule has 2 aromatic rings. The van der Waals surface area contributed by atoms with Gasteiger partial charge in [0.05, 0.1) is 6.54 Å². The van der Waals surface area contributed by atoms with Gasteiger partial charge in [-0.2, -0.15) is 0 Å². The molecular formula is C19H23BrFIN4O. The van der Waals surface area contributed by atoms with Crippen molar-refractivity contribution in [1.82, 2.24) is 10.2 Å². The predicted molar refractivity (Wildman–Crippen MR) is 122 cm³/mol. The maximum absolute atomic E-state index is 13.0. The monoisotopic (exact) mass is 548 g/mol. The molecule has 0 aliphatic carbocycles. The summed E-state index contributed by atoms with van der Waals surface area (Å²) in [6.07, 6.45) is 0. The topological polar surface area (TPSA) is 56.7 Å². The standard InChI is InChI=1S/C19H22BrFN4O.HI/c1-13-4-7-15(20)10-17(13)24-18(26)11-23-19(22-2)25(3)12-14-5-8-16(21)9-6-14;/h4-10H,11-12H2,1-3H3,(H,22,23)(H,24,26);1H. The molecule has 5 nitrogen and oxygen atoms in total. The lowest BCUT2D eigenvalue weighted by Crippen LogP contribution is -2.42. The van der Waals surface area contributed by atoms with Gasteiger partial charge in [-0.05, 0) is 42.3 Å². The van der Waals surface area contributed by atoms with Crippen LogP contribution in [0, 0.1) is 12.7 Å². The molecule has 2 rings (SSSR count). The van der Waals surface area contributed by atoms with E-state index in [2.05, 4.69) is 31.6 Å². The molecule has 0 heterocycles. The molecule has 0 radical (unpaired) electrons. The highest BCUT2D eigenvalue weighted by atomic mass is 127. The van der Waals surface area contributed by atoms with Crippen LogP contribution in [-0.2, 0) is 11.3 Å². The molecule has 0 fully saturated rings. The number of nitrogens with zero attached hydrogens (tertiary/aromatic N) is 2. The quantitative estimate of drug-likeness (QED) is 0.335. The molecule has 0 saturated heterocycles. The van der Waals surface area contributed by atoms with Crippen LogP contribution >= 0.6 is 39.9 Å². The minimum atomic E-state index is -0.265. The van der Waals surface area contributed by atoms with Gasteiger partial charge in [0.15, 0.2) is 5.96 Å². The zero-order valence-electron chi connectivity index (χ0n) is 15.4. The lowest BCUT2D eigenvalue weighted by Gasteiger charge is -2.22. The van der Waals surface area contributed by atoms with Crippen LogP contribution in [0.2, 0.25) is 0 Å². The predicted octanol–water partition coefficient (Wildman–Crippen LogP) is 4.16. The van der Waals surface area contributed by atoms with Crippen LogP contribution in [0.4, 0.5) is 10.1 Å². The molecule has 2 N–H and O–H groups in total. The number of hydrogen-bond acceptors (Lipinski definition) is 2. The van der Waals surface area contributed by atoms with Gasteiger partial charge in [-0.1, -0.05) is 34.1 Å². The highest BCUT2D eigenvalue weighted by molar-refractivity contribution is 14.0. The Kier molecular flexibility index (Phi) is 9.71. The van der Waals surface area contributed by atoms with Crippen molar-refractivity contribution in [3.05, 3.63) is 63.9 Å². The molecular weight excluding hydrogens is 526 g/mol. The molecule has 0 bridgehead atoms. The minimum Gasteiger partial charge on any atom is -0.347 e. The summed E-state index contributed by atoms with van der Waals surface area (Å²) < 4.78 is 13.9. The lowest BCUT2D eigenvalue weighted by atomic mass is 10.2. The minimum absolute atomic E-state index is 0. The van der Waals surface area contributed by atoms with Gasteiger partial charge in [0.1, 0.15) is 5.82 Å². The van der Waals surface area contributed by atoms with Gasteiger partial charge in [0.25, 0.3) is 0 Å². The number of amides is 1. The first-order chi connectivity index (χ1) is 12.4. The average Bonchev–Trinajstić information content (AvgIpc) is 2.60. The van der Waals surface area contributed by atoms with Gasteiger partial charge in [-0.3, -0.25) is 9.79 Å². The van der Waals surface area contributed by atoms with Crippen LogP contribution in [0.3, 0.4) is 0 Å². The molecule has 1 amide bonds. The van der Waals surface area contributed by atoms with Gasteiger partial charge in [0.2, 0.25) is 5.91 Å². The molecule has 0 atom stereocenters. The Morgan fingerprint density at radius 3 is 2.52 bits per heavy atom. The summed E-state index contributed by atoms with van der Waals surface area (Å²) in [5.74, 6) is 0.149. The fourth-order valence-corrected chi connectivity index (χ4v) is 2.77. The van der Waals surface area contributed by atoms with E-state index in [-0.39, 0.29) is 42.2 Å². The van der Waals surface area contributed by atoms with Crippen LogP contribution in [0.5, 0.6) is 0 Å². The van der Waals surface area contributed by atoms with E-state index in [1.807, 2.05) is 37.1 Å². The molecule has 0 aliphatic heterocycles. The van der Waals surface area contributed by atoms with Crippen molar-refractivity contribution in [3.63, 3.8) is 0 Å². The fourth-order valence-electron chi connectivity index (χ4n) is 2.41. The molecule has 0 aliphatic rings. The van der Waals surface area contributed by atoms with E-state index in [0.29, 0.717) is 12.5 Å². The highest BCUT2D eigenvalue weighted by Crippen LogP contribution is 2.20. The van der Waals surface area contributed by atoms with Gasteiger partial charge in [0, 0.05) is 30.8 Å². The molecule has 0 aromatic heterocycles. The molecule has 146 valence electrons. The molecule has 27 heavy (non-hydrogen) atoms. The third-order valence-corrected chi connectivity index (χ3v) is 4.28. The number of halogens is 3. The number of carbonyl (C=O) groups is 1. The summed E-state index contributed by atoms with van der Waals surface area (Å²) in [6.45, 7) is 2.57. The first kappa shape index (κ1) is 23.4. The van der Waals surface area contributed by atoms with Crippen LogP contribution in [-0.4, -0.2) is 37.4 Å². The van der Waals surface area contributed by atoms with Crippen LogP contribution in [0.15, 0.2) is 51.9 Å². The normalized spacial score (nSPS) is 10.8. The van der Waals surface area contributed by atoms with E-state index in [9.17, 15) is 9.18 Å².